The minimum absolute atomic E-state index is 0.161. The SMILES string of the molecule is COc1ccc(NC(=O)CSc2nnc(-c3ccc(NS(C)(=O)=O)cc3)n2C)cc1. The van der Waals surface area contributed by atoms with Crippen LogP contribution in [0.25, 0.3) is 11.4 Å². The van der Waals surface area contributed by atoms with Gasteiger partial charge >= 0.3 is 0 Å². The maximum atomic E-state index is 12.2. The Morgan fingerprint density at radius 1 is 1.07 bits per heavy atom. The van der Waals surface area contributed by atoms with E-state index >= 15 is 0 Å². The zero-order valence-corrected chi connectivity index (χ0v) is 18.3. The molecule has 0 aliphatic carbocycles. The number of hydrogen-bond donors (Lipinski definition) is 2. The number of methoxy groups -OCH3 is 1. The van der Waals surface area contributed by atoms with E-state index < -0.39 is 10.0 Å². The number of ether oxygens (including phenoxy) is 1. The number of benzene rings is 2. The van der Waals surface area contributed by atoms with E-state index in [9.17, 15) is 13.2 Å². The summed E-state index contributed by atoms with van der Waals surface area (Å²) in [5.41, 5.74) is 1.93. The van der Waals surface area contributed by atoms with Crippen molar-refractivity contribution in [1.82, 2.24) is 14.8 Å². The fourth-order valence-corrected chi connectivity index (χ4v) is 3.87. The van der Waals surface area contributed by atoms with E-state index in [0.29, 0.717) is 28.1 Å². The number of carbonyl (C=O) groups excluding carboxylic acids is 1. The highest BCUT2D eigenvalue weighted by molar-refractivity contribution is 7.99. The molecule has 11 heteroatoms. The summed E-state index contributed by atoms with van der Waals surface area (Å²) in [6.45, 7) is 0. The standard InChI is InChI=1S/C19H21N5O4S2/c1-24-18(13-4-6-15(7-5-13)23-30(3,26)27)21-22-19(24)29-12-17(25)20-14-8-10-16(28-2)11-9-14/h4-11,23H,12H2,1-3H3,(H,20,25). The average Bonchev–Trinajstić information content (AvgIpc) is 3.07. The Bertz CT molecular complexity index is 1130. The maximum absolute atomic E-state index is 12.2. The summed E-state index contributed by atoms with van der Waals surface area (Å²) in [7, 11) is 0.0597. The van der Waals surface area contributed by atoms with E-state index in [-0.39, 0.29) is 11.7 Å². The van der Waals surface area contributed by atoms with E-state index in [1.165, 1.54) is 11.8 Å². The summed E-state index contributed by atoms with van der Waals surface area (Å²) in [5, 5.41) is 11.7. The van der Waals surface area contributed by atoms with Crippen molar-refractivity contribution in [3.8, 4) is 17.1 Å². The van der Waals surface area contributed by atoms with Crippen LogP contribution in [0.4, 0.5) is 11.4 Å². The Kier molecular flexibility index (Phi) is 6.63. The topological polar surface area (TPSA) is 115 Å². The summed E-state index contributed by atoms with van der Waals surface area (Å²) in [4.78, 5) is 12.2. The highest BCUT2D eigenvalue weighted by atomic mass is 32.2. The molecule has 2 aromatic carbocycles. The van der Waals surface area contributed by atoms with Gasteiger partial charge in [0.15, 0.2) is 11.0 Å². The van der Waals surface area contributed by atoms with Crippen LogP contribution in [0.2, 0.25) is 0 Å². The summed E-state index contributed by atoms with van der Waals surface area (Å²) in [5.74, 6) is 1.34. The lowest BCUT2D eigenvalue weighted by atomic mass is 10.2. The first kappa shape index (κ1) is 21.7. The van der Waals surface area contributed by atoms with Gasteiger partial charge in [-0.15, -0.1) is 10.2 Å². The van der Waals surface area contributed by atoms with Crippen molar-refractivity contribution in [3.05, 3.63) is 48.5 Å². The largest absolute Gasteiger partial charge is 0.497 e. The summed E-state index contributed by atoms with van der Waals surface area (Å²) in [6.07, 6.45) is 1.10. The van der Waals surface area contributed by atoms with Gasteiger partial charge in [0, 0.05) is 24.0 Å². The number of sulfonamides is 1. The molecule has 3 rings (SSSR count). The van der Waals surface area contributed by atoms with Crippen LogP contribution in [-0.4, -0.2) is 48.2 Å². The fraction of sp³-hybridized carbons (Fsp3) is 0.211. The van der Waals surface area contributed by atoms with Crippen molar-refractivity contribution in [3.63, 3.8) is 0 Å². The predicted molar refractivity (Wildman–Crippen MR) is 117 cm³/mol. The molecule has 158 valence electrons. The Morgan fingerprint density at radius 3 is 2.30 bits per heavy atom. The van der Waals surface area contributed by atoms with E-state index in [4.69, 9.17) is 4.74 Å². The molecule has 0 unspecified atom stereocenters. The van der Waals surface area contributed by atoms with Gasteiger partial charge in [0.05, 0.1) is 19.1 Å². The number of hydrogen-bond acceptors (Lipinski definition) is 7. The van der Waals surface area contributed by atoms with Crippen molar-refractivity contribution in [2.75, 3.05) is 29.2 Å². The molecule has 1 heterocycles. The van der Waals surface area contributed by atoms with Gasteiger partial charge in [0.25, 0.3) is 0 Å². The molecule has 0 saturated carbocycles. The van der Waals surface area contributed by atoms with Gasteiger partial charge in [0.1, 0.15) is 5.75 Å². The van der Waals surface area contributed by atoms with E-state index in [2.05, 4.69) is 20.2 Å². The first-order valence-corrected chi connectivity index (χ1v) is 11.7. The van der Waals surface area contributed by atoms with Crippen molar-refractivity contribution in [2.24, 2.45) is 7.05 Å². The molecule has 0 aliphatic heterocycles. The Balaban J connectivity index is 1.61. The van der Waals surface area contributed by atoms with Crippen molar-refractivity contribution in [2.45, 2.75) is 5.16 Å². The highest BCUT2D eigenvalue weighted by Gasteiger charge is 2.13. The van der Waals surface area contributed by atoms with Gasteiger partial charge in [0.2, 0.25) is 15.9 Å². The Labute approximate surface area is 178 Å². The lowest BCUT2D eigenvalue weighted by Crippen LogP contribution is -2.14. The predicted octanol–water partition coefficient (Wildman–Crippen LogP) is 2.59. The molecule has 0 atom stereocenters. The third kappa shape index (κ3) is 5.74. The van der Waals surface area contributed by atoms with Crippen molar-refractivity contribution in [1.29, 1.82) is 0 Å². The van der Waals surface area contributed by atoms with Crippen LogP contribution in [-0.2, 0) is 21.9 Å². The van der Waals surface area contributed by atoms with Crippen molar-refractivity contribution < 1.29 is 17.9 Å². The van der Waals surface area contributed by atoms with Crippen LogP contribution in [0.5, 0.6) is 5.75 Å². The number of rotatable bonds is 8. The lowest BCUT2D eigenvalue weighted by molar-refractivity contribution is -0.113. The molecule has 0 bridgehead atoms. The van der Waals surface area contributed by atoms with Crippen LogP contribution < -0.4 is 14.8 Å². The molecule has 2 N–H and O–H groups in total. The second-order valence-corrected chi connectivity index (χ2v) is 9.07. The minimum Gasteiger partial charge on any atom is -0.497 e. The normalized spacial score (nSPS) is 11.2. The van der Waals surface area contributed by atoms with Gasteiger partial charge in [-0.1, -0.05) is 11.8 Å². The zero-order chi connectivity index (χ0) is 21.7. The molecule has 1 amide bonds. The summed E-state index contributed by atoms with van der Waals surface area (Å²) < 4.78 is 31.9. The molecule has 0 radical (unpaired) electrons. The number of nitrogens with zero attached hydrogens (tertiary/aromatic N) is 3. The number of aromatic nitrogens is 3. The first-order valence-electron chi connectivity index (χ1n) is 8.79. The fourth-order valence-electron chi connectivity index (χ4n) is 2.59. The van der Waals surface area contributed by atoms with Crippen molar-refractivity contribution >= 4 is 39.1 Å². The van der Waals surface area contributed by atoms with Crippen LogP contribution >= 0.6 is 11.8 Å². The van der Waals surface area contributed by atoms with Gasteiger partial charge < -0.3 is 14.6 Å². The molecule has 0 fully saturated rings. The Hall–Kier alpha value is -3.05. The second-order valence-electron chi connectivity index (χ2n) is 6.38. The first-order chi connectivity index (χ1) is 14.2. The Morgan fingerprint density at radius 2 is 1.70 bits per heavy atom. The third-order valence-corrected chi connectivity index (χ3v) is 5.61. The van der Waals surface area contributed by atoms with Gasteiger partial charge in [-0.3, -0.25) is 9.52 Å². The molecular formula is C19H21N5O4S2. The van der Waals surface area contributed by atoms with Gasteiger partial charge in [-0.05, 0) is 48.5 Å². The van der Waals surface area contributed by atoms with Crippen LogP contribution in [0, 0.1) is 0 Å². The quantitative estimate of drug-likeness (QED) is 0.510. The molecule has 0 saturated heterocycles. The number of amides is 1. The number of nitrogens with one attached hydrogen (secondary N) is 2. The summed E-state index contributed by atoms with van der Waals surface area (Å²) in [6, 6.07) is 13.9. The van der Waals surface area contributed by atoms with E-state index in [1.807, 2.05) is 7.05 Å². The molecule has 1 aromatic heterocycles. The molecule has 0 aliphatic rings. The third-order valence-electron chi connectivity index (χ3n) is 3.99. The summed E-state index contributed by atoms with van der Waals surface area (Å²) >= 11 is 1.27. The molecule has 30 heavy (non-hydrogen) atoms. The molecular weight excluding hydrogens is 426 g/mol. The number of carbonyl (C=O) groups is 1. The monoisotopic (exact) mass is 447 g/mol. The van der Waals surface area contributed by atoms with Gasteiger partial charge in [-0.25, -0.2) is 8.42 Å². The molecule has 0 spiro atoms. The van der Waals surface area contributed by atoms with Crippen LogP contribution in [0.15, 0.2) is 53.7 Å². The smallest absolute Gasteiger partial charge is 0.234 e. The van der Waals surface area contributed by atoms with Crippen LogP contribution in [0.1, 0.15) is 0 Å². The van der Waals surface area contributed by atoms with Crippen LogP contribution in [0.3, 0.4) is 0 Å². The van der Waals surface area contributed by atoms with E-state index in [0.717, 1.165) is 11.8 Å². The van der Waals surface area contributed by atoms with Gasteiger partial charge in [-0.2, -0.15) is 0 Å². The number of thioether (sulfide) groups is 1. The molecule has 3 aromatic rings. The number of anilines is 2. The average molecular weight is 448 g/mol. The second kappa shape index (κ2) is 9.18. The zero-order valence-electron chi connectivity index (χ0n) is 16.6. The van der Waals surface area contributed by atoms with E-state index in [1.54, 1.807) is 60.2 Å². The maximum Gasteiger partial charge on any atom is 0.234 e. The molecule has 9 nitrogen and oxygen atoms in total. The highest BCUT2D eigenvalue weighted by Crippen LogP contribution is 2.24. The lowest BCUT2D eigenvalue weighted by Gasteiger charge is -2.07. The minimum atomic E-state index is -3.33.